The van der Waals surface area contributed by atoms with Crippen LogP contribution in [0.1, 0.15) is 0 Å². The summed E-state index contributed by atoms with van der Waals surface area (Å²) in [6.07, 6.45) is 1.04. The van der Waals surface area contributed by atoms with Crippen LogP contribution in [0.5, 0.6) is 0 Å². The van der Waals surface area contributed by atoms with Crippen molar-refractivity contribution in [2.24, 2.45) is 0 Å². The zero-order valence-electron chi connectivity index (χ0n) is 12.1. The van der Waals surface area contributed by atoms with E-state index >= 15 is 0 Å². The fourth-order valence-corrected chi connectivity index (χ4v) is 2.95. The first-order valence-corrected chi connectivity index (χ1v) is 8.07. The topological polar surface area (TPSA) is 114 Å². The highest BCUT2D eigenvalue weighted by Gasteiger charge is 2.23. The van der Waals surface area contributed by atoms with Crippen LogP contribution in [0.4, 0.5) is 20.3 Å². The molecule has 0 fully saturated rings. The van der Waals surface area contributed by atoms with Crippen molar-refractivity contribution in [3.63, 3.8) is 0 Å². The number of halogens is 2. The molecule has 0 radical (unpaired) electrons. The molecule has 0 saturated heterocycles. The minimum Gasteiger partial charge on any atom is -0.369 e. The number of nitro groups is 1. The summed E-state index contributed by atoms with van der Waals surface area (Å²) >= 11 is 0. The van der Waals surface area contributed by atoms with Gasteiger partial charge in [0.2, 0.25) is 10.0 Å². The Bertz CT molecular complexity index is 823. The number of sulfonamides is 1. The monoisotopic (exact) mass is 358 g/mol. The van der Waals surface area contributed by atoms with Gasteiger partial charge < -0.3 is 5.32 Å². The lowest BCUT2D eigenvalue weighted by Gasteiger charge is -2.09. The molecule has 0 aliphatic carbocycles. The molecule has 128 valence electrons. The van der Waals surface area contributed by atoms with Gasteiger partial charge in [0.25, 0.3) is 5.69 Å². The molecule has 0 atom stereocenters. The zero-order valence-corrected chi connectivity index (χ0v) is 12.9. The van der Waals surface area contributed by atoms with Gasteiger partial charge in [-0.15, -0.1) is 0 Å². The zero-order chi connectivity index (χ0) is 17.7. The lowest BCUT2D eigenvalue weighted by molar-refractivity contribution is -0.385. The summed E-state index contributed by atoms with van der Waals surface area (Å²) in [6, 6.07) is 5.33. The van der Waals surface area contributed by atoms with Crippen molar-refractivity contribution < 1.29 is 22.1 Å². The van der Waals surface area contributed by atoms with Crippen molar-refractivity contribution in [2.75, 3.05) is 18.4 Å². The van der Waals surface area contributed by atoms with Crippen LogP contribution in [-0.4, -0.2) is 31.4 Å². The van der Waals surface area contributed by atoms with Crippen molar-refractivity contribution in [3.05, 3.63) is 58.3 Å². The van der Waals surface area contributed by atoms with E-state index in [-0.39, 0.29) is 24.6 Å². The maximum atomic E-state index is 13.5. The summed E-state index contributed by atoms with van der Waals surface area (Å²) in [5.41, 5.74) is -0.184. The maximum absolute atomic E-state index is 13.5. The molecule has 1 aromatic carbocycles. The molecule has 24 heavy (non-hydrogen) atoms. The van der Waals surface area contributed by atoms with E-state index < -0.39 is 31.5 Å². The highest BCUT2D eigenvalue weighted by atomic mass is 32.2. The number of aromatic nitrogens is 1. The van der Waals surface area contributed by atoms with Crippen molar-refractivity contribution in [3.8, 4) is 0 Å². The van der Waals surface area contributed by atoms with Gasteiger partial charge in [0.15, 0.2) is 4.90 Å². The first-order chi connectivity index (χ1) is 11.3. The fourth-order valence-electron chi connectivity index (χ4n) is 1.79. The molecule has 1 heterocycles. The molecule has 0 unspecified atom stereocenters. The Kier molecular flexibility index (Phi) is 5.36. The smallest absolute Gasteiger partial charge is 0.287 e. The van der Waals surface area contributed by atoms with Crippen LogP contribution in [-0.2, 0) is 10.0 Å². The normalized spacial score (nSPS) is 11.2. The second-order valence-electron chi connectivity index (χ2n) is 4.53. The predicted molar refractivity (Wildman–Crippen MR) is 80.9 cm³/mol. The summed E-state index contributed by atoms with van der Waals surface area (Å²) < 4.78 is 52.8. The third kappa shape index (κ3) is 4.20. The van der Waals surface area contributed by atoms with E-state index in [9.17, 15) is 27.3 Å². The molecule has 0 amide bonds. The first kappa shape index (κ1) is 17.7. The first-order valence-electron chi connectivity index (χ1n) is 6.59. The number of nitrogens with zero attached hydrogens (tertiary/aromatic N) is 2. The summed E-state index contributed by atoms with van der Waals surface area (Å²) in [6.45, 7) is -0.116. The number of anilines is 1. The third-order valence-electron chi connectivity index (χ3n) is 2.87. The van der Waals surface area contributed by atoms with Gasteiger partial charge in [0.1, 0.15) is 23.6 Å². The lowest BCUT2D eigenvalue weighted by atomic mass is 10.3. The fraction of sp³-hybridized carbons (Fsp3) is 0.154. The Morgan fingerprint density at radius 3 is 2.33 bits per heavy atom. The SMILES string of the molecule is O=[N+]([O-])c1ccc(NCCNS(=O)(=O)c2c(F)cccc2F)nc1. The van der Waals surface area contributed by atoms with E-state index in [1.54, 1.807) is 0 Å². The Balaban J connectivity index is 1.93. The molecule has 0 aliphatic rings. The lowest BCUT2D eigenvalue weighted by Crippen LogP contribution is -2.30. The Hall–Kier alpha value is -2.66. The Morgan fingerprint density at radius 2 is 1.79 bits per heavy atom. The molecule has 2 aromatic rings. The van der Waals surface area contributed by atoms with Crippen LogP contribution >= 0.6 is 0 Å². The van der Waals surface area contributed by atoms with Crippen molar-refractivity contribution in [1.29, 1.82) is 0 Å². The minimum absolute atomic E-state index is 0.0557. The van der Waals surface area contributed by atoms with E-state index in [1.165, 1.54) is 12.1 Å². The van der Waals surface area contributed by atoms with E-state index in [2.05, 4.69) is 15.0 Å². The highest BCUT2D eigenvalue weighted by molar-refractivity contribution is 7.89. The summed E-state index contributed by atoms with van der Waals surface area (Å²) in [5, 5.41) is 13.2. The van der Waals surface area contributed by atoms with E-state index in [4.69, 9.17) is 0 Å². The van der Waals surface area contributed by atoms with Crippen molar-refractivity contribution in [1.82, 2.24) is 9.71 Å². The maximum Gasteiger partial charge on any atom is 0.287 e. The van der Waals surface area contributed by atoms with Gasteiger partial charge in [-0.1, -0.05) is 6.07 Å². The largest absolute Gasteiger partial charge is 0.369 e. The molecule has 0 aliphatic heterocycles. The van der Waals surface area contributed by atoms with Gasteiger partial charge in [-0.3, -0.25) is 10.1 Å². The minimum atomic E-state index is -4.34. The number of nitrogens with one attached hydrogen (secondary N) is 2. The Morgan fingerprint density at radius 1 is 1.12 bits per heavy atom. The highest BCUT2D eigenvalue weighted by Crippen LogP contribution is 2.17. The summed E-state index contributed by atoms with van der Waals surface area (Å²) in [7, 11) is -4.34. The number of pyridine rings is 1. The standard InChI is InChI=1S/C13H12F2N4O4S/c14-10-2-1-3-11(15)13(10)24(22,23)18-7-6-16-12-5-4-9(8-17-12)19(20)21/h1-5,8,18H,6-7H2,(H,16,17). The van der Waals surface area contributed by atoms with E-state index in [0.29, 0.717) is 0 Å². The molecular formula is C13H12F2N4O4S. The van der Waals surface area contributed by atoms with Crippen LogP contribution in [0.15, 0.2) is 41.4 Å². The average Bonchev–Trinajstić information content (AvgIpc) is 2.51. The molecule has 2 N–H and O–H groups in total. The molecule has 2 rings (SSSR count). The number of hydrogen-bond donors (Lipinski definition) is 2. The van der Waals surface area contributed by atoms with Gasteiger partial charge >= 0.3 is 0 Å². The molecule has 1 aromatic heterocycles. The van der Waals surface area contributed by atoms with E-state index in [1.807, 2.05) is 0 Å². The van der Waals surface area contributed by atoms with Gasteiger partial charge in [-0.2, -0.15) is 0 Å². The molecule has 0 spiro atoms. The second kappa shape index (κ2) is 7.27. The van der Waals surface area contributed by atoms with Crippen LogP contribution in [0.2, 0.25) is 0 Å². The third-order valence-corrected chi connectivity index (χ3v) is 4.38. The number of benzene rings is 1. The number of hydrogen-bond acceptors (Lipinski definition) is 6. The van der Waals surface area contributed by atoms with Crippen molar-refractivity contribution in [2.45, 2.75) is 4.90 Å². The molecule has 0 saturated carbocycles. The quantitative estimate of drug-likeness (QED) is 0.442. The van der Waals surface area contributed by atoms with Gasteiger partial charge in [0.05, 0.1) is 4.92 Å². The van der Waals surface area contributed by atoms with Crippen LogP contribution < -0.4 is 10.0 Å². The molecule has 11 heteroatoms. The molecular weight excluding hydrogens is 346 g/mol. The van der Waals surface area contributed by atoms with Crippen LogP contribution in [0.25, 0.3) is 0 Å². The Labute approximate surface area is 135 Å². The van der Waals surface area contributed by atoms with Gasteiger partial charge in [0, 0.05) is 19.2 Å². The summed E-state index contributed by atoms with van der Waals surface area (Å²) in [5.74, 6) is -2.09. The molecule has 8 nitrogen and oxygen atoms in total. The predicted octanol–water partition coefficient (Wildman–Crippen LogP) is 1.66. The number of rotatable bonds is 7. The van der Waals surface area contributed by atoms with E-state index in [0.717, 1.165) is 24.4 Å². The van der Waals surface area contributed by atoms with Gasteiger partial charge in [-0.05, 0) is 18.2 Å². The van der Waals surface area contributed by atoms with Gasteiger partial charge in [-0.25, -0.2) is 26.9 Å². The van der Waals surface area contributed by atoms with Crippen LogP contribution in [0, 0.1) is 21.7 Å². The summed E-state index contributed by atoms with van der Waals surface area (Å²) in [4.78, 5) is 12.6. The molecule has 0 bridgehead atoms. The van der Waals surface area contributed by atoms with Crippen LogP contribution in [0.3, 0.4) is 0 Å². The van der Waals surface area contributed by atoms with Crippen molar-refractivity contribution >= 4 is 21.5 Å². The second-order valence-corrected chi connectivity index (χ2v) is 6.24. The average molecular weight is 358 g/mol.